The molecule has 1 aliphatic rings. The minimum Gasteiger partial charge on any atom is -0.497 e. The van der Waals surface area contributed by atoms with E-state index in [1.54, 1.807) is 37.3 Å². The van der Waals surface area contributed by atoms with Gasteiger partial charge < -0.3 is 20.1 Å². The molecule has 0 heterocycles. The van der Waals surface area contributed by atoms with Crippen molar-refractivity contribution in [2.45, 2.75) is 18.9 Å². The van der Waals surface area contributed by atoms with Crippen molar-refractivity contribution in [3.05, 3.63) is 23.8 Å². The maximum Gasteiger partial charge on any atom is 0.260 e. The molecule has 0 aliphatic heterocycles. The summed E-state index contributed by atoms with van der Waals surface area (Å²) < 4.78 is 10.7. The summed E-state index contributed by atoms with van der Waals surface area (Å²) >= 11 is 4.94. The van der Waals surface area contributed by atoms with Crippen molar-refractivity contribution in [2.24, 2.45) is 5.73 Å². The Balaban J connectivity index is 2.02. The molecule has 2 N–H and O–H groups in total. The lowest BCUT2D eigenvalue weighted by atomic mass is 10.2. The van der Waals surface area contributed by atoms with E-state index in [4.69, 9.17) is 27.4 Å². The molecule has 1 aliphatic carbocycles. The predicted octanol–water partition coefficient (Wildman–Crippen LogP) is 1.33. The fourth-order valence-corrected chi connectivity index (χ4v) is 1.95. The Morgan fingerprint density at radius 1 is 1.40 bits per heavy atom. The predicted molar refractivity (Wildman–Crippen MR) is 80.2 cm³/mol. The van der Waals surface area contributed by atoms with Gasteiger partial charge in [-0.25, -0.2) is 0 Å². The summed E-state index contributed by atoms with van der Waals surface area (Å²) in [5.74, 6) is 1.07. The van der Waals surface area contributed by atoms with Gasteiger partial charge in [0.05, 0.1) is 7.11 Å². The van der Waals surface area contributed by atoms with E-state index in [-0.39, 0.29) is 17.5 Å². The van der Waals surface area contributed by atoms with E-state index >= 15 is 0 Å². The Morgan fingerprint density at radius 2 is 2.05 bits per heavy atom. The van der Waals surface area contributed by atoms with E-state index in [1.165, 1.54) is 0 Å². The van der Waals surface area contributed by atoms with E-state index in [9.17, 15) is 4.79 Å². The van der Waals surface area contributed by atoms with Gasteiger partial charge in [0.15, 0.2) is 6.61 Å². The maximum absolute atomic E-state index is 11.9. The normalized spacial score (nSPS) is 13.7. The summed E-state index contributed by atoms with van der Waals surface area (Å²) in [6, 6.07) is 5.51. The molecular formula is C14H18N2O3S. The highest BCUT2D eigenvalue weighted by molar-refractivity contribution is 7.80. The third kappa shape index (κ3) is 3.60. The molecule has 0 saturated heterocycles. The van der Waals surface area contributed by atoms with Crippen molar-refractivity contribution in [2.75, 3.05) is 20.8 Å². The van der Waals surface area contributed by atoms with Crippen LogP contribution in [0.4, 0.5) is 0 Å². The lowest BCUT2D eigenvalue weighted by molar-refractivity contribution is -0.132. The number of nitrogens with two attached hydrogens (primary N) is 1. The summed E-state index contributed by atoms with van der Waals surface area (Å²) in [6.45, 7) is -0.00303. The number of nitrogens with zero attached hydrogens (tertiary/aromatic N) is 1. The first-order valence-corrected chi connectivity index (χ1v) is 6.79. The molecule has 0 atom stereocenters. The second-order valence-electron chi connectivity index (χ2n) is 4.79. The zero-order valence-electron chi connectivity index (χ0n) is 11.6. The zero-order valence-corrected chi connectivity index (χ0v) is 12.4. The molecule has 6 heteroatoms. The van der Waals surface area contributed by atoms with Gasteiger partial charge >= 0.3 is 0 Å². The molecule has 0 spiro atoms. The van der Waals surface area contributed by atoms with Crippen LogP contribution in [0.25, 0.3) is 0 Å². The van der Waals surface area contributed by atoms with E-state index in [0.29, 0.717) is 23.1 Å². The number of likely N-dealkylation sites (N-methyl/N-ethyl adjacent to an activating group) is 1. The van der Waals surface area contributed by atoms with Gasteiger partial charge in [0, 0.05) is 24.7 Å². The van der Waals surface area contributed by atoms with E-state index in [1.807, 2.05) is 0 Å². The quantitative estimate of drug-likeness (QED) is 0.802. The van der Waals surface area contributed by atoms with Crippen molar-refractivity contribution in [3.63, 3.8) is 0 Å². The molecule has 1 aromatic rings. The lowest BCUT2D eigenvalue weighted by Crippen LogP contribution is -2.33. The first-order valence-electron chi connectivity index (χ1n) is 6.38. The number of hydrogen-bond acceptors (Lipinski definition) is 4. The van der Waals surface area contributed by atoms with Crippen LogP contribution in [0.5, 0.6) is 11.5 Å². The number of methoxy groups -OCH3 is 1. The maximum atomic E-state index is 11.9. The molecule has 1 aromatic carbocycles. The summed E-state index contributed by atoms with van der Waals surface area (Å²) in [6.07, 6.45) is 2.15. The number of carbonyl (C=O) groups is 1. The molecule has 1 amide bonds. The van der Waals surface area contributed by atoms with Crippen LogP contribution in [-0.4, -0.2) is 42.6 Å². The fourth-order valence-electron chi connectivity index (χ4n) is 1.83. The summed E-state index contributed by atoms with van der Waals surface area (Å²) in [4.78, 5) is 13.9. The van der Waals surface area contributed by atoms with Gasteiger partial charge in [0.1, 0.15) is 16.5 Å². The number of carbonyl (C=O) groups excluding carboxylic acids is 1. The molecule has 0 radical (unpaired) electrons. The number of benzene rings is 1. The molecular weight excluding hydrogens is 276 g/mol. The minimum atomic E-state index is -0.0350. The van der Waals surface area contributed by atoms with Crippen molar-refractivity contribution in [3.8, 4) is 11.5 Å². The van der Waals surface area contributed by atoms with Crippen LogP contribution in [0.15, 0.2) is 18.2 Å². The number of rotatable bonds is 6. The van der Waals surface area contributed by atoms with Crippen LogP contribution in [0.2, 0.25) is 0 Å². The fraction of sp³-hybridized carbons (Fsp3) is 0.429. The van der Waals surface area contributed by atoms with Gasteiger partial charge in [-0.3, -0.25) is 4.79 Å². The number of amides is 1. The highest BCUT2D eigenvalue weighted by Crippen LogP contribution is 2.26. The Morgan fingerprint density at radius 3 is 2.60 bits per heavy atom. The summed E-state index contributed by atoms with van der Waals surface area (Å²) in [5, 5.41) is 0. The first kappa shape index (κ1) is 14.6. The van der Waals surface area contributed by atoms with Gasteiger partial charge in [0.25, 0.3) is 5.91 Å². The van der Waals surface area contributed by atoms with Crippen LogP contribution >= 0.6 is 12.2 Å². The zero-order chi connectivity index (χ0) is 14.7. The first-order chi connectivity index (χ1) is 9.51. The Hall–Kier alpha value is -1.82. The smallest absolute Gasteiger partial charge is 0.260 e. The Labute approximate surface area is 123 Å². The Kier molecular flexibility index (Phi) is 4.44. The molecule has 2 rings (SSSR count). The van der Waals surface area contributed by atoms with Crippen LogP contribution in [0, 0.1) is 0 Å². The Bertz CT molecular complexity index is 529. The van der Waals surface area contributed by atoms with Crippen molar-refractivity contribution >= 4 is 23.1 Å². The van der Waals surface area contributed by atoms with Crippen LogP contribution < -0.4 is 15.2 Å². The standard InChI is InChI=1S/C14H18N2O3S/c1-16(10-3-4-10)13(17)8-19-12-6-9(14(15)20)5-11(7-12)18-2/h5-7,10H,3-4,8H2,1-2H3,(H2,15,20). The largest absolute Gasteiger partial charge is 0.497 e. The number of ether oxygens (including phenoxy) is 2. The topological polar surface area (TPSA) is 64.8 Å². The van der Waals surface area contributed by atoms with Crippen LogP contribution in [-0.2, 0) is 4.79 Å². The van der Waals surface area contributed by atoms with Gasteiger partial charge in [-0.1, -0.05) is 12.2 Å². The number of hydrogen-bond donors (Lipinski definition) is 1. The van der Waals surface area contributed by atoms with E-state index < -0.39 is 0 Å². The highest BCUT2D eigenvalue weighted by Gasteiger charge is 2.29. The van der Waals surface area contributed by atoms with Gasteiger partial charge in [-0.2, -0.15) is 0 Å². The van der Waals surface area contributed by atoms with Crippen LogP contribution in [0.3, 0.4) is 0 Å². The summed E-state index contributed by atoms with van der Waals surface area (Å²) in [7, 11) is 3.35. The molecule has 0 bridgehead atoms. The molecule has 20 heavy (non-hydrogen) atoms. The second-order valence-corrected chi connectivity index (χ2v) is 5.23. The highest BCUT2D eigenvalue weighted by atomic mass is 32.1. The van der Waals surface area contributed by atoms with Crippen LogP contribution in [0.1, 0.15) is 18.4 Å². The van der Waals surface area contributed by atoms with E-state index in [0.717, 1.165) is 12.8 Å². The molecule has 1 fully saturated rings. The molecule has 0 aromatic heterocycles. The molecule has 1 saturated carbocycles. The molecule has 5 nitrogen and oxygen atoms in total. The van der Waals surface area contributed by atoms with Crippen molar-refractivity contribution in [1.82, 2.24) is 4.90 Å². The average Bonchev–Trinajstić information content (AvgIpc) is 3.27. The van der Waals surface area contributed by atoms with Crippen molar-refractivity contribution in [1.29, 1.82) is 0 Å². The molecule has 0 unspecified atom stereocenters. The second kappa shape index (κ2) is 6.09. The average molecular weight is 294 g/mol. The van der Waals surface area contributed by atoms with Gasteiger partial charge in [-0.05, 0) is 25.0 Å². The van der Waals surface area contributed by atoms with Gasteiger partial charge in [0.2, 0.25) is 0 Å². The van der Waals surface area contributed by atoms with E-state index in [2.05, 4.69) is 0 Å². The monoisotopic (exact) mass is 294 g/mol. The SMILES string of the molecule is COc1cc(OCC(=O)N(C)C2CC2)cc(C(N)=S)c1. The third-order valence-electron chi connectivity index (χ3n) is 3.25. The molecule has 108 valence electrons. The number of thiocarbonyl (C=S) groups is 1. The summed E-state index contributed by atoms with van der Waals surface area (Å²) in [5.41, 5.74) is 6.25. The minimum absolute atomic E-state index is 0.00303. The third-order valence-corrected chi connectivity index (χ3v) is 3.49. The lowest BCUT2D eigenvalue weighted by Gasteiger charge is -2.17. The van der Waals surface area contributed by atoms with Gasteiger partial charge in [-0.15, -0.1) is 0 Å². The van der Waals surface area contributed by atoms with Crippen molar-refractivity contribution < 1.29 is 14.3 Å².